The van der Waals surface area contributed by atoms with Gasteiger partial charge in [-0.1, -0.05) is 52.3 Å². The summed E-state index contributed by atoms with van der Waals surface area (Å²) in [5, 5.41) is 7.25. The van der Waals surface area contributed by atoms with Crippen molar-refractivity contribution < 1.29 is 9.59 Å². The van der Waals surface area contributed by atoms with Gasteiger partial charge in [-0.2, -0.15) is 5.10 Å². The molecule has 1 aromatic heterocycles. The summed E-state index contributed by atoms with van der Waals surface area (Å²) in [4.78, 5) is 28.9. The molecule has 8 heteroatoms. The second-order valence-corrected chi connectivity index (χ2v) is 8.41. The minimum Gasteiger partial charge on any atom is -0.319 e. The van der Waals surface area contributed by atoms with Gasteiger partial charge in [-0.15, -0.1) is 0 Å². The van der Waals surface area contributed by atoms with Crippen LogP contribution in [0.5, 0.6) is 0 Å². The van der Waals surface area contributed by atoms with Gasteiger partial charge in [-0.05, 0) is 32.2 Å². The molecule has 1 fully saturated rings. The van der Waals surface area contributed by atoms with E-state index in [1.807, 2.05) is 72.7 Å². The van der Waals surface area contributed by atoms with Gasteiger partial charge in [-0.3, -0.25) is 9.69 Å². The Morgan fingerprint density at radius 2 is 1.80 bits per heavy atom. The largest absolute Gasteiger partial charge is 0.326 e. The van der Waals surface area contributed by atoms with E-state index in [0.717, 1.165) is 21.3 Å². The van der Waals surface area contributed by atoms with Gasteiger partial charge in [0.1, 0.15) is 5.54 Å². The molecule has 0 radical (unpaired) electrons. The summed E-state index contributed by atoms with van der Waals surface area (Å²) in [7, 11) is 1.87. The number of rotatable bonds is 6. The number of nitrogens with one attached hydrogen (secondary N) is 1. The molecule has 1 saturated heterocycles. The van der Waals surface area contributed by atoms with E-state index in [-0.39, 0.29) is 12.6 Å². The average molecular weight is 468 g/mol. The second kappa shape index (κ2) is 8.04. The molecular weight excluding hydrogens is 446 g/mol. The van der Waals surface area contributed by atoms with Crippen molar-refractivity contribution >= 4 is 27.9 Å². The standard InChI is InChI=1S/C22H22BrN5O2/c1-22(18-10-6-7-11-19(18)23)20(29)27(21(30)25-22)15-26(2)13-16-12-24-28(14-16)17-8-4-3-5-9-17/h3-12,14H,13,15H2,1-2H3,(H,25,30)/t22-/m0/s1. The lowest BCUT2D eigenvalue weighted by Gasteiger charge is -2.25. The van der Waals surface area contributed by atoms with E-state index in [1.165, 1.54) is 4.90 Å². The fourth-order valence-corrected chi connectivity index (χ4v) is 4.32. The Balaban J connectivity index is 1.45. The van der Waals surface area contributed by atoms with Crippen LogP contribution in [0.15, 0.2) is 71.5 Å². The lowest BCUT2D eigenvalue weighted by atomic mass is 9.92. The number of amides is 3. The first-order chi connectivity index (χ1) is 14.4. The lowest BCUT2D eigenvalue weighted by Crippen LogP contribution is -2.43. The molecule has 1 atom stereocenters. The molecule has 154 valence electrons. The van der Waals surface area contributed by atoms with Gasteiger partial charge in [0.25, 0.3) is 5.91 Å². The van der Waals surface area contributed by atoms with Crippen LogP contribution in [-0.4, -0.2) is 45.2 Å². The molecule has 0 spiro atoms. The highest BCUT2D eigenvalue weighted by Crippen LogP contribution is 2.33. The van der Waals surface area contributed by atoms with E-state index in [0.29, 0.717) is 6.54 Å². The summed E-state index contributed by atoms with van der Waals surface area (Å²) in [5.74, 6) is -0.272. The van der Waals surface area contributed by atoms with Gasteiger partial charge in [0.05, 0.1) is 18.6 Å². The van der Waals surface area contributed by atoms with Crippen LogP contribution in [-0.2, 0) is 16.9 Å². The molecule has 1 aliphatic heterocycles. The number of hydrogen-bond acceptors (Lipinski definition) is 4. The highest BCUT2D eigenvalue weighted by molar-refractivity contribution is 9.10. The Morgan fingerprint density at radius 1 is 1.10 bits per heavy atom. The normalized spacial score (nSPS) is 18.9. The van der Waals surface area contributed by atoms with Gasteiger partial charge in [0.2, 0.25) is 0 Å². The molecule has 4 rings (SSSR count). The summed E-state index contributed by atoms with van der Waals surface area (Å²) in [6, 6.07) is 16.9. The first-order valence-electron chi connectivity index (χ1n) is 9.55. The molecule has 2 aromatic carbocycles. The summed E-state index contributed by atoms with van der Waals surface area (Å²) in [5.41, 5.74) is 1.60. The molecule has 0 saturated carbocycles. The van der Waals surface area contributed by atoms with Crippen LogP contribution in [0.25, 0.3) is 5.69 Å². The minimum atomic E-state index is -1.10. The van der Waals surface area contributed by atoms with Gasteiger partial charge >= 0.3 is 6.03 Å². The number of halogens is 1. The number of carbonyl (C=O) groups excluding carboxylic acids is 2. The minimum absolute atomic E-state index is 0.182. The van der Waals surface area contributed by atoms with Crippen molar-refractivity contribution in [2.75, 3.05) is 13.7 Å². The number of nitrogens with zero attached hydrogens (tertiary/aromatic N) is 4. The van der Waals surface area contributed by atoms with Gasteiger partial charge in [-0.25, -0.2) is 14.4 Å². The third kappa shape index (κ3) is 3.76. The van der Waals surface area contributed by atoms with Gasteiger partial charge in [0, 0.05) is 28.3 Å². The number of carbonyl (C=O) groups is 2. The fourth-order valence-electron chi connectivity index (χ4n) is 3.64. The molecule has 0 bridgehead atoms. The summed E-state index contributed by atoms with van der Waals surface area (Å²) >= 11 is 3.48. The van der Waals surface area contributed by atoms with E-state index in [9.17, 15) is 9.59 Å². The van der Waals surface area contributed by atoms with Gasteiger partial charge < -0.3 is 5.32 Å². The predicted molar refractivity (Wildman–Crippen MR) is 117 cm³/mol. The lowest BCUT2D eigenvalue weighted by molar-refractivity contribution is -0.132. The topological polar surface area (TPSA) is 70.5 Å². The number of imide groups is 1. The molecule has 30 heavy (non-hydrogen) atoms. The Morgan fingerprint density at radius 3 is 2.53 bits per heavy atom. The maximum atomic E-state index is 13.1. The average Bonchev–Trinajstić information content (AvgIpc) is 3.28. The molecule has 0 aliphatic carbocycles. The summed E-state index contributed by atoms with van der Waals surface area (Å²) in [6.07, 6.45) is 3.74. The summed E-state index contributed by atoms with van der Waals surface area (Å²) in [6.45, 7) is 2.47. The molecule has 0 unspecified atom stereocenters. The first kappa shape index (κ1) is 20.3. The second-order valence-electron chi connectivity index (χ2n) is 7.55. The molecule has 3 amide bonds. The Bertz CT molecular complexity index is 1080. The molecule has 1 N–H and O–H groups in total. The first-order valence-corrected chi connectivity index (χ1v) is 10.3. The van der Waals surface area contributed by atoms with Crippen molar-refractivity contribution in [1.82, 2.24) is 24.9 Å². The van der Waals surface area contributed by atoms with E-state index in [1.54, 1.807) is 17.8 Å². The zero-order valence-corrected chi connectivity index (χ0v) is 18.3. The molecule has 3 aromatic rings. The van der Waals surface area contributed by atoms with Crippen LogP contribution >= 0.6 is 15.9 Å². The van der Waals surface area contributed by atoms with Crippen LogP contribution < -0.4 is 5.32 Å². The maximum absolute atomic E-state index is 13.1. The van der Waals surface area contributed by atoms with Crippen LogP contribution in [0.2, 0.25) is 0 Å². The predicted octanol–water partition coefficient (Wildman–Crippen LogP) is 3.49. The highest BCUT2D eigenvalue weighted by Gasteiger charge is 2.49. The SMILES string of the molecule is CN(Cc1cnn(-c2ccccc2)c1)CN1C(=O)N[C@@](C)(c2ccccc2Br)C1=O. The number of hydrogen-bond donors (Lipinski definition) is 1. The zero-order chi connectivity index (χ0) is 21.3. The number of aromatic nitrogens is 2. The van der Waals surface area contributed by atoms with Crippen molar-refractivity contribution in [2.24, 2.45) is 0 Å². The zero-order valence-electron chi connectivity index (χ0n) is 16.7. The molecule has 2 heterocycles. The van der Waals surface area contributed by atoms with E-state index in [2.05, 4.69) is 26.3 Å². The van der Waals surface area contributed by atoms with Gasteiger partial charge in [0.15, 0.2) is 0 Å². The van der Waals surface area contributed by atoms with Crippen LogP contribution in [0, 0.1) is 0 Å². The molecule has 7 nitrogen and oxygen atoms in total. The fraction of sp³-hybridized carbons (Fsp3) is 0.227. The smallest absolute Gasteiger partial charge is 0.319 e. The summed E-state index contributed by atoms with van der Waals surface area (Å²) < 4.78 is 2.59. The number of benzene rings is 2. The Kier molecular flexibility index (Phi) is 5.44. The highest BCUT2D eigenvalue weighted by atomic mass is 79.9. The van der Waals surface area contributed by atoms with E-state index < -0.39 is 11.6 Å². The van der Waals surface area contributed by atoms with E-state index >= 15 is 0 Å². The van der Waals surface area contributed by atoms with Crippen molar-refractivity contribution in [3.8, 4) is 5.69 Å². The van der Waals surface area contributed by atoms with Crippen LogP contribution in [0.1, 0.15) is 18.1 Å². The molecular formula is C22H22BrN5O2. The number of para-hydroxylation sites is 1. The Hall–Kier alpha value is -2.97. The maximum Gasteiger partial charge on any atom is 0.326 e. The quantitative estimate of drug-likeness (QED) is 0.563. The van der Waals surface area contributed by atoms with Crippen molar-refractivity contribution in [3.63, 3.8) is 0 Å². The Labute approximate surface area is 183 Å². The van der Waals surface area contributed by atoms with Crippen molar-refractivity contribution in [2.45, 2.75) is 19.0 Å². The molecule has 1 aliphatic rings. The van der Waals surface area contributed by atoms with Crippen LogP contribution in [0.3, 0.4) is 0 Å². The third-order valence-electron chi connectivity index (χ3n) is 5.18. The van der Waals surface area contributed by atoms with Crippen molar-refractivity contribution in [1.29, 1.82) is 0 Å². The third-order valence-corrected chi connectivity index (χ3v) is 5.87. The van der Waals surface area contributed by atoms with Crippen molar-refractivity contribution in [3.05, 3.63) is 82.6 Å². The van der Waals surface area contributed by atoms with E-state index in [4.69, 9.17) is 0 Å². The number of urea groups is 1. The monoisotopic (exact) mass is 467 g/mol. The van der Waals surface area contributed by atoms with Crippen LogP contribution in [0.4, 0.5) is 4.79 Å².